The van der Waals surface area contributed by atoms with E-state index in [4.69, 9.17) is 5.73 Å². The fourth-order valence-electron chi connectivity index (χ4n) is 2.50. The molecule has 1 unspecified atom stereocenters. The van der Waals surface area contributed by atoms with Crippen LogP contribution in [0.15, 0.2) is 42.6 Å². The summed E-state index contributed by atoms with van der Waals surface area (Å²) in [4.78, 5) is 6.56. The van der Waals surface area contributed by atoms with Crippen LogP contribution in [-0.2, 0) is 6.54 Å². The zero-order chi connectivity index (χ0) is 14.5. The molecule has 0 aliphatic carbocycles. The van der Waals surface area contributed by atoms with Crippen LogP contribution < -0.4 is 5.73 Å². The van der Waals surface area contributed by atoms with Gasteiger partial charge in [-0.05, 0) is 38.6 Å². The quantitative estimate of drug-likeness (QED) is 0.907. The van der Waals surface area contributed by atoms with Crippen molar-refractivity contribution < 1.29 is 0 Å². The number of hydrogen-bond donors (Lipinski definition) is 1. The summed E-state index contributed by atoms with van der Waals surface area (Å²) in [6.45, 7) is 5.86. The van der Waals surface area contributed by atoms with Gasteiger partial charge >= 0.3 is 0 Å². The minimum Gasteiger partial charge on any atom is -0.323 e. The summed E-state index contributed by atoms with van der Waals surface area (Å²) in [7, 11) is 2.08. The fourth-order valence-corrected chi connectivity index (χ4v) is 2.50. The van der Waals surface area contributed by atoms with Crippen LogP contribution in [0.5, 0.6) is 0 Å². The van der Waals surface area contributed by atoms with Crippen LogP contribution in [-0.4, -0.2) is 23.5 Å². The van der Waals surface area contributed by atoms with Gasteiger partial charge in [-0.3, -0.25) is 9.88 Å². The maximum absolute atomic E-state index is 6.33. The van der Waals surface area contributed by atoms with Crippen molar-refractivity contribution in [2.75, 3.05) is 13.6 Å². The number of likely N-dealkylation sites (N-methyl/N-ethyl adjacent to an activating group) is 1. The van der Waals surface area contributed by atoms with Crippen LogP contribution in [0.25, 0.3) is 0 Å². The lowest BCUT2D eigenvalue weighted by atomic mass is 10.0. The highest BCUT2D eigenvalue weighted by Crippen LogP contribution is 2.16. The van der Waals surface area contributed by atoms with Crippen molar-refractivity contribution in [3.8, 4) is 0 Å². The molecule has 0 amide bonds. The number of rotatable bonds is 5. The Hall–Kier alpha value is -1.71. The maximum Gasteiger partial charge on any atom is 0.0543 e. The molecule has 0 saturated heterocycles. The second kappa shape index (κ2) is 6.64. The highest BCUT2D eigenvalue weighted by Gasteiger charge is 2.11. The normalized spacial score (nSPS) is 12.7. The Bertz CT molecular complexity index is 531. The number of aryl methyl sites for hydroxylation is 2. The molecule has 0 fully saturated rings. The fraction of sp³-hybridized carbons (Fsp3) is 0.353. The molecule has 106 valence electrons. The van der Waals surface area contributed by atoms with Gasteiger partial charge in [-0.1, -0.05) is 35.4 Å². The van der Waals surface area contributed by atoms with Gasteiger partial charge in [-0.25, -0.2) is 0 Å². The first-order chi connectivity index (χ1) is 9.54. The molecule has 1 aromatic carbocycles. The third-order valence-electron chi connectivity index (χ3n) is 3.34. The van der Waals surface area contributed by atoms with Crippen molar-refractivity contribution in [3.05, 3.63) is 65.0 Å². The van der Waals surface area contributed by atoms with Gasteiger partial charge in [0.1, 0.15) is 0 Å². The minimum absolute atomic E-state index is 0.0299. The van der Waals surface area contributed by atoms with Crippen LogP contribution in [0.3, 0.4) is 0 Å². The zero-order valence-electron chi connectivity index (χ0n) is 12.5. The van der Waals surface area contributed by atoms with E-state index in [0.29, 0.717) is 0 Å². The predicted molar refractivity (Wildman–Crippen MR) is 83.4 cm³/mol. The van der Waals surface area contributed by atoms with Gasteiger partial charge in [-0.2, -0.15) is 0 Å². The van der Waals surface area contributed by atoms with Crippen LogP contribution >= 0.6 is 0 Å². The van der Waals surface area contributed by atoms with Crippen LogP contribution in [0, 0.1) is 13.8 Å². The Labute approximate surface area is 121 Å². The number of nitrogens with two attached hydrogens (primary N) is 1. The first-order valence-corrected chi connectivity index (χ1v) is 6.97. The molecule has 0 aliphatic heterocycles. The molecule has 3 nitrogen and oxygen atoms in total. The van der Waals surface area contributed by atoms with E-state index in [9.17, 15) is 0 Å². The third-order valence-corrected chi connectivity index (χ3v) is 3.34. The first kappa shape index (κ1) is 14.7. The Morgan fingerprint density at radius 2 is 1.85 bits per heavy atom. The van der Waals surface area contributed by atoms with Gasteiger partial charge in [-0.15, -0.1) is 0 Å². The van der Waals surface area contributed by atoms with Gasteiger partial charge in [0.05, 0.1) is 5.69 Å². The Balaban J connectivity index is 1.98. The summed E-state index contributed by atoms with van der Waals surface area (Å²) >= 11 is 0. The molecule has 0 radical (unpaired) electrons. The number of nitrogens with zero attached hydrogens (tertiary/aromatic N) is 2. The summed E-state index contributed by atoms with van der Waals surface area (Å²) in [6, 6.07) is 12.5. The van der Waals surface area contributed by atoms with E-state index in [1.807, 2.05) is 24.4 Å². The van der Waals surface area contributed by atoms with E-state index in [-0.39, 0.29) is 6.04 Å². The van der Waals surface area contributed by atoms with Gasteiger partial charge in [0.15, 0.2) is 0 Å². The van der Waals surface area contributed by atoms with Gasteiger partial charge in [0, 0.05) is 25.3 Å². The zero-order valence-corrected chi connectivity index (χ0v) is 12.5. The monoisotopic (exact) mass is 269 g/mol. The van der Waals surface area contributed by atoms with Crippen LogP contribution in [0.1, 0.15) is 28.4 Å². The highest BCUT2D eigenvalue weighted by atomic mass is 15.1. The van der Waals surface area contributed by atoms with Crippen molar-refractivity contribution in [2.45, 2.75) is 26.4 Å². The van der Waals surface area contributed by atoms with E-state index in [2.05, 4.69) is 49.0 Å². The average Bonchev–Trinajstić information content (AvgIpc) is 2.38. The molecule has 2 N–H and O–H groups in total. The molecule has 1 aromatic heterocycles. The van der Waals surface area contributed by atoms with Gasteiger partial charge in [0.2, 0.25) is 0 Å². The predicted octanol–water partition coefficient (Wildman–Crippen LogP) is 2.83. The second-order valence-electron chi connectivity index (χ2n) is 5.55. The van der Waals surface area contributed by atoms with Crippen molar-refractivity contribution in [2.24, 2.45) is 5.73 Å². The Morgan fingerprint density at radius 1 is 1.15 bits per heavy atom. The van der Waals surface area contributed by atoms with E-state index >= 15 is 0 Å². The first-order valence-electron chi connectivity index (χ1n) is 6.97. The smallest absolute Gasteiger partial charge is 0.0543 e. The molecular formula is C17H23N3. The number of hydrogen-bond acceptors (Lipinski definition) is 3. The number of pyridine rings is 1. The van der Waals surface area contributed by atoms with E-state index in [1.54, 1.807) is 0 Å². The molecule has 0 spiro atoms. The molecule has 2 aromatic rings. The van der Waals surface area contributed by atoms with Crippen LogP contribution in [0.4, 0.5) is 0 Å². The van der Waals surface area contributed by atoms with Gasteiger partial charge in [0.25, 0.3) is 0 Å². The lowest BCUT2D eigenvalue weighted by Crippen LogP contribution is -2.29. The minimum atomic E-state index is 0.0299. The van der Waals surface area contributed by atoms with E-state index in [0.717, 1.165) is 18.8 Å². The standard InChI is InChI=1S/C17H23N3/c1-13-8-14(2)10-15(9-13)17(18)12-20(3)11-16-6-4-5-7-19-16/h4-10,17H,11-12,18H2,1-3H3. The molecule has 0 saturated carbocycles. The average molecular weight is 269 g/mol. The molecule has 2 rings (SSSR count). The molecule has 0 aliphatic rings. The molecule has 20 heavy (non-hydrogen) atoms. The Kier molecular flexibility index (Phi) is 4.88. The topological polar surface area (TPSA) is 42.1 Å². The summed E-state index contributed by atoms with van der Waals surface area (Å²) < 4.78 is 0. The SMILES string of the molecule is Cc1cc(C)cc(C(N)CN(C)Cc2ccccn2)c1. The summed E-state index contributed by atoms with van der Waals surface area (Å²) in [6.07, 6.45) is 1.83. The van der Waals surface area contributed by atoms with Crippen molar-refractivity contribution in [1.29, 1.82) is 0 Å². The largest absolute Gasteiger partial charge is 0.323 e. The second-order valence-corrected chi connectivity index (χ2v) is 5.55. The van der Waals surface area contributed by atoms with Crippen molar-refractivity contribution >= 4 is 0 Å². The molecule has 1 heterocycles. The molecule has 0 bridgehead atoms. The lowest BCUT2D eigenvalue weighted by molar-refractivity contribution is 0.302. The highest BCUT2D eigenvalue weighted by molar-refractivity contribution is 5.30. The number of benzene rings is 1. The summed E-state index contributed by atoms with van der Waals surface area (Å²) in [5.41, 5.74) is 11.1. The molecule has 1 atom stereocenters. The summed E-state index contributed by atoms with van der Waals surface area (Å²) in [5.74, 6) is 0. The number of aromatic nitrogens is 1. The summed E-state index contributed by atoms with van der Waals surface area (Å²) in [5, 5.41) is 0. The third kappa shape index (κ3) is 4.15. The van der Waals surface area contributed by atoms with E-state index < -0.39 is 0 Å². The lowest BCUT2D eigenvalue weighted by Gasteiger charge is -2.21. The Morgan fingerprint density at radius 3 is 2.45 bits per heavy atom. The van der Waals surface area contributed by atoms with E-state index in [1.165, 1.54) is 16.7 Å². The molecular weight excluding hydrogens is 246 g/mol. The van der Waals surface area contributed by atoms with Gasteiger partial charge < -0.3 is 5.73 Å². The van der Waals surface area contributed by atoms with Crippen molar-refractivity contribution in [3.63, 3.8) is 0 Å². The van der Waals surface area contributed by atoms with Crippen LogP contribution in [0.2, 0.25) is 0 Å². The molecule has 3 heteroatoms. The van der Waals surface area contributed by atoms with Crippen molar-refractivity contribution in [1.82, 2.24) is 9.88 Å². The maximum atomic E-state index is 6.33.